The van der Waals surface area contributed by atoms with Crippen LogP contribution < -0.4 is 10.6 Å². The van der Waals surface area contributed by atoms with Gasteiger partial charge >= 0.3 is 0 Å². The number of carbonyl (C=O) groups is 1. The van der Waals surface area contributed by atoms with E-state index in [1.165, 1.54) is 11.3 Å². The van der Waals surface area contributed by atoms with E-state index in [0.29, 0.717) is 22.2 Å². The van der Waals surface area contributed by atoms with E-state index in [9.17, 15) is 10.1 Å². The molecule has 1 saturated heterocycles. The summed E-state index contributed by atoms with van der Waals surface area (Å²) >= 11 is 1.41. The van der Waals surface area contributed by atoms with E-state index in [1.54, 1.807) is 0 Å². The highest BCUT2D eigenvalue weighted by atomic mass is 32.1. The van der Waals surface area contributed by atoms with Gasteiger partial charge in [-0.05, 0) is 33.4 Å². The highest BCUT2D eigenvalue weighted by Gasteiger charge is 2.36. The number of hydrogen-bond donors (Lipinski definition) is 1. The fraction of sp³-hybridized carbons (Fsp3) is 0.600. The normalized spacial score (nSPS) is 21.8. The van der Waals surface area contributed by atoms with Crippen LogP contribution in [0.1, 0.15) is 34.5 Å². The van der Waals surface area contributed by atoms with Crippen LogP contribution in [-0.2, 0) is 0 Å². The van der Waals surface area contributed by atoms with Crippen LogP contribution in [0.4, 0.5) is 10.7 Å². The van der Waals surface area contributed by atoms with Crippen LogP contribution in [0.2, 0.25) is 0 Å². The van der Waals surface area contributed by atoms with Gasteiger partial charge in [0, 0.05) is 25.0 Å². The molecule has 0 bridgehead atoms. The van der Waals surface area contributed by atoms with Crippen molar-refractivity contribution in [3.63, 3.8) is 0 Å². The molecule has 0 aromatic carbocycles. The number of nitriles is 1. The zero-order chi connectivity index (χ0) is 15.1. The zero-order valence-electron chi connectivity index (χ0n) is 12.4. The Morgan fingerprint density at radius 1 is 1.43 bits per heavy atom. The minimum Gasteiger partial charge on any atom is -0.396 e. The lowest BCUT2D eigenvalue weighted by molar-refractivity contribution is 0.0972. The lowest BCUT2D eigenvalue weighted by Crippen LogP contribution is -2.31. The molecule has 1 saturated carbocycles. The monoisotopic (exact) mass is 304 g/mol. The van der Waals surface area contributed by atoms with Crippen molar-refractivity contribution in [1.29, 1.82) is 5.26 Å². The van der Waals surface area contributed by atoms with Gasteiger partial charge in [0.25, 0.3) is 0 Å². The van der Waals surface area contributed by atoms with Gasteiger partial charge < -0.3 is 15.5 Å². The maximum atomic E-state index is 12.3. The van der Waals surface area contributed by atoms with Gasteiger partial charge in [0.15, 0.2) is 5.78 Å². The number of ketones is 1. The van der Waals surface area contributed by atoms with Crippen LogP contribution in [0.15, 0.2) is 0 Å². The van der Waals surface area contributed by atoms with Crippen molar-refractivity contribution in [2.75, 3.05) is 37.8 Å². The molecule has 1 aromatic rings. The molecule has 21 heavy (non-hydrogen) atoms. The summed E-state index contributed by atoms with van der Waals surface area (Å²) in [5.74, 6) is 0.266. The van der Waals surface area contributed by atoms with E-state index >= 15 is 0 Å². The van der Waals surface area contributed by atoms with Crippen molar-refractivity contribution in [1.82, 2.24) is 4.90 Å². The van der Waals surface area contributed by atoms with E-state index in [4.69, 9.17) is 5.73 Å². The first-order valence-corrected chi connectivity index (χ1v) is 8.12. The van der Waals surface area contributed by atoms with Crippen molar-refractivity contribution in [2.24, 2.45) is 5.92 Å². The quantitative estimate of drug-likeness (QED) is 0.861. The molecule has 2 N–H and O–H groups in total. The SMILES string of the molecule is CN(C)C1CCN(c2sc(C(=O)C3CC3)c(N)c2C#N)C1. The van der Waals surface area contributed by atoms with Gasteiger partial charge in [-0.15, -0.1) is 11.3 Å². The molecule has 6 heteroatoms. The molecule has 1 unspecified atom stereocenters. The maximum absolute atomic E-state index is 12.3. The van der Waals surface area contributed by atoms with E-state index in [2.05, 4.69) is 30.0 Å². The number of nitrogens with two attached hydrogens (primary N) is 1. The largest absolute Gasteiger partial charge is 0.396 e. The fourth-order valence-electron chi connectivity index (χ4n) is 2.82. The molecule has 3 rings (SSSR count). The molecule has 2 fully saturated rings. The third-order valence-electron chi connectivity index (χ3n) is 4.39. The predicted molar refractivity (Wildman–Crippen MR) is 84.8 cm³/mol. The Morgan fingerprint density at radius 2 is 2.14 bits per heavy atom. The molecule has 0 radical (unpaired) electrons. The number of carbonyl (C=O) groups excluding carboxylic acids is 1. The molecule has 112 valence electrons. The molecular formula is C15H20N4OS. The smallest absolute Gasteiger partial charge is 0.178 e. The van der Waals surface area contributed by atoms with Crippen LogP contribution in [0.3, 0.4) is 0 Å². The second-order valence-electron chi connectivity index (χ2n) is 6.13. The maximum Gasteiger partial charge on any atom is 0.178 e. The summed E-state index contributed by atoms with van der Waals surface area (Å²) in [6.45, 7) is 1.80. The molecular weight excluding hydrogens is 284 g/mol. The Kier molecular flexibility index (Phi) is 3.64. The Morgan fingerprint density at radius 3 is 2.67 bits per heavy atom. The predicted octanol–water partition coefficient (Wildman–Crippen LogP) is 1.93. The third kappa shape index (κ3) is 2.52. The second-order valence-corrected chi connectivity index (χ2v) is 7.13. The van der Waals surface area contributed by atoms with E-state index in [1.807, 2.05) is 0 Å². The molecule has 0 amide bonds. The van der Waals surface area contributed by atoms with Gasteiger partial charge in [-0.2, -0.15) is 5.26 Å². The fourth-order valence-corrected chi connectivity index (χ4v) is 4.05. The highest BCUT2D eigenvalue weighted by molar-refractivity contribution is 7.19. The molecule has 1 atom stereocenters. The number of rotatable bonds is 4. The summed E-state index contributed by atoms with van der Waals surface area (Å²) in [6.07, 6.45) is 2.99. The van der Waals surface area contributed by atoms with Gasteiger partial charge in [0.05, 0.1) is 10.6 Å². The third-order valence-corrected chi connectivity index (χ3v) is 5.67. The summed E-state index contributed by atoms with van der Waals surface area (Å²) in [4.78, 5) is 17.3. The van der Waals surface area contributed by atoms with Gasteiger partial charge in [-0.3, -0.25) is 4.79 Å². The first kappa shape index (κ1) is 14.4. The van der Waals surface area contributed by atoms with Crippen molar-refractivity contribution >= 4 is 27.8 Å². The number of nitrogen functional groups attached to an aromatic ring is 1. The molecule has 0 spiro atoms. The average Bonchev–Trinajstić information content (AvgIpc) is 3.08. The van der Waals surface area contributed by atoms with Gasteiger partial charge in [0.1, 0.15) is 16.6 Å². The summed E-state index contributed by atoms with van der Waals surface area (Å²) in [7, 11) is 4.15. The summed E-state index contributed by atoms with van der Waals surface area (Å²) in [5.41, 5.74) is 6.95. The molecule has 2 heterocycles. The van der Waals surface area contributed by atoms with Gasteiger partial charge in [-0.1, -0.05) is 0 Å². The zero-order valence-corrected chi connectivity index (χ0v) is 13.2. The second kappa shape index (κ2) is 5.32. The van der Waals surface area contributed by atoms with Crippen molar-refractivity contribution in [3.05, 3.63) is 10.4 Å². The summed E-state index contributed by atoms with van der Waals surface area (Å²) in [6, 6.07) is 2.69. The number of Topliss-reactive ketones (excluding diaryl/α,β-unsaturated/α-hetero) is 1. The Hall–Kier alpha value is -1.58. The topological polar surface area (TPSA) is 73.4 Å². The molecule has 1 aliphatic carbocycles. The van der Waals surface area contributed by atoms with E-state index < -0.39 is 0 Å². The van der Waals surface area contributed by atoms with Crippen LogP contribution in [-0.4, -0.2) is 43.9 Å². The minimum atomic E-state index is 0.128. The first-order chi connectivity index (χ1) is 10.0. The van der Waals surface area contributed by atoms with E-state index in [0.717, 1.165) is 37.4 Å². The summed E-state index contributed by atoms with van der Waals surface area (Å²) < 4.78 is 0. The number of thiophene rings is 1. The number of nitrogens with zero attached hydrogens (tertiary/aromatic N) is 3. The minimum absolute atomic E-state index is 0.128. The van der Waals surface area contributed by atoms with Crippen molar-refractivity contribution < 1.29 is 4.79 Å². The average molecular weight is 304 g/mol. The first-order valence-electron chi connectivity index (χ1n) is 7.31. The standard InChI is InChI=1S/C15H20N4OS/c1-18(2)10-5-6-19(8-10)15-11(7-16)12(17)14(21-15)13(20)9-3-4-9/h9-10H,3-6,8,17H2,1-2H3. The van der Waals surface area contributed by atoms with Gasteiger partial charge in [0.2, 0.25) is 0 Å². The van der Waals surface area contributed by atoms with Crippen LogP contribution >= 0.6 is 11.3 Å². The Labute approximate surface area is 128 Å². The van der Waals surface area contributed by atoms with Crippen LogP contribution in [0, 0.1) is 17.2 Å². The van der Waals surface area contributed by atoms with Crippen molar-refractivity contribution in [2.45, 2.75) is 25.3 Å². The van der Waals surface area contributed by atoms with Crippen molar-refractivity contribution in [3.8, 4) is 6.07 Å². The lowest BCUT2D eigenvalue weighted by Gasteiger charge is -2.20. The molecule has 5 nitrogen and oxygen atoms in total. The molecule has 2 aliphatic rings. The Balaban J connectivity index is 1.90. The summed E-state index contributed by atoms with van der Waals surface area (Å²) in [5, 5.41) is 10.3. The van der Waals surface area contributed by atoms with Gasteiger partial charge in [-0.25, -0.2) is 0 Å². The highest BCUT2D eigenvalue weighted by Crippen LogP contribution is 2.43. The molecule has 1 aromatic heterocycles. The number of hydrogen-bond acceptors (Lipinski definition) is 6. The van der Waals surface area contributed by atoms with E-state index in [-0.39, 0.29) is 11.7 Å². The number of likely N-dealkylation sites (N-methyl/N-ethyl adjacent to an activating group) is 1. The lowest BCUT2D eigenvalue weighted by atomic mass is 10.1. The molecule has 1 aliphatic heterocycles. The Bertz CT molecular complexity index is 612. The number of anilines is 2. The van der Waals surface area contributed by atoms with Crippen LogP contribution in [0.5, 0.6) is 0 Å². The van der Waals surface area contributed by atoms with Crippen LogP contribution in [0.25, 0.3) is 0 Å².